The molecule has 1 aromatic heterocycles. The molecule has 0 aliphatic carbocycles. The molecule has 3 aromatic rings. The molecule has 0 spiro atoms. The minimum atomic E-state index is -0.841. The highest BCUT2D eigenvalue weighted by atomic mass is 19.2. The van der Waals surface area contributed by atoms with Crippen LogP contribution < -0.4 is 5.32 Å². The molecule has 0 radical (unpaired) electrons. The number of nitrogens with zero attached hydrogens (tertiary/aromatic N) is 1. The monoisotopic (exact) mass is 300 g/mol. The van der Waals surface area contributed by atoms with Gasteiger partial charge in [-0.25, -0.2) is 8.78 Å². The molecule has 0 fully saturated rings. The van der Waals surface area contributed by atoms with Gasteiger partial charge in [-0.2, -0.15) is 0 Å². The molecule has 3 rings (SSSR count). The molecule has 0 amide bonds. The molecule has 0 atom stereocenters. The van der Waals surface area contributed by atoms with Crippen molar-refractivity contribution in [3.05, 3.63) is 77.5 Å². The van der Waals surface area contributed by atoms with Crippen LogP contribution >= 0.6 is 0 Å². The lowest BCUT2D eigenvalue weighted by molar-refractivity contribution is 0.419. The molecule has 1 N–H and O–H groups in total. The first-order chi connectivity index (χ1) is 10.7. The predicted molar refractivity (Wildman–Crippen MR) is 78.8 cm³/mol. The Labute approximate surface area is 126 Å². The quantitative estimate of drug-likeness (QED) is 0.776. The van der Waals surface area contributed by atoms with E-state index in [1.165, 1.54) is 6.07 Å². The average molecular weight is 300 g/mol. The van der Waals surface area contributed by atoms with Crippen LogP contribution in [0.5, 0.6) is 0 Å². The molecule has 2 aromatic carbocycles. The first kappa shape index (κ1) is 14.4. The van der Waals surface area contributed by atoms with Crippen LogP contribution in [0.15, 0.2) is 59.1 Å². The van der Waals surface area contributed by atoms with Gasteiger partial charge in [-0.3, -0.25) is 0 Å². The van der Waals surface area contributed by atoms with Crippen LogP contribution in [0.2, 0.25) is 0 Å². The molecule has 112 valence electrons. The molecule has 0 unspecified atom stereocenters. The van der Waals surface area contributed by atoms with E-state index in [0.29, 0.717) is 18.0 Å². The zero-order valence-corrected chi connectivity index (χ0v) is 11.7. The summed E-state index contributed by atoms with van der Waals surface area (Å²) in [6, 6.07) is 15.6. The number of halogens is 2. The first-order valence-electron chi connectivity index (χ1n) is 6.88. The lowest BCUT2D eigenvalue weighted by Gasteiger charge is -2.04. The van der Waals surface area contributed by atoms with Gasteiger partial charge in [0.15, 0.2) is 17.4 Å². The van der Waals surface area contributed by atoms with Gasteiger partial charge in [0.05, 0.1) is 5.69 Å². The van der Waals surface area contributed by atoms with Crippen LogP contribution in [0.3, 0.4) is 0 Å². The van der Waals surface area contributed by atoms with Crippen molar-refractivity contribution in [1.82, 2.24) is 10.5 Å². The Kier molecular flexibility index (Phi) is 4.25. The van der Waals surface area contributed by atoms with Crippen LogP contribution in [0.1, 0.15) is 11.3 Å². The van der Waals surface area contributed by atoms with Crippen LogP contribution in [0, 0.1) is 11.6 Å². The Balaban J connectivity index is 1.61. The lowest BCUT2D eigenvalue weighted by atomic mass is 10.1. The van der Waals surface area contributed by atoms with E-state index in [2.05, 4.69) is 10.5 Å². The highest BCUT2D eigenvalue weighted by molar-refractivity contribution is 5.56. The fraction of sp³-hybridized carbons (Fsp3) is 0.118. The molecule has 0 aliphatic heterocycles. The van der Waals surface area contributed by atoms with Gasteiger partial charge in [0, 0.05) is 30.3 Å². The second kappa shape index (κ2) is 6.49. The lowest BCUT2D eigenvalue weighted by Crippen LogP contribution is -2.14. The Morgan fingerprint density at radius 1 is 0.955 bits per heavy atom. The van der Waals surface area contributed by atoms with Gasteiger partial charge in [0.2, 0.25) is 0 Å². The van der Waals surface area contributed by atoms with E-state index in [1.807, 2.05) is 36.4 Å². The molecule has 0 aliphatic rings. The Morgan fingerprint density at radius 3 is 2.59 bits per heavy atom. The number of aromatic nitrogens is 1. The number of hydrogen-bond acceptors (Lipinski definition) is 3. The Bertz CT molecular complexity index is 756. The Morgan fingerprint density at radius 2 is 1.77 bits per heavy atom. The smallest absolute Gasteiger partial charge is 0.167 e. The second-order valence-corrected chi connectivity index (χ2v) is 4.87. The molecule has 0 saturated heterocycles. The number of nitrogens with one attached hydrogen (secondary N) is 1. The van der Waals surface area contributed by atoms with Gasteiger partial charge in [-0.15, -0.1) is 0 Å². The standard InChI is InChI=1S/C17H14F2N2O/c18-15-8-4-7-13(17(15)19)10-20-11-14-9-16(22-21-14)12-5-2-1-3-6-12/h1-9,20H,10-11H2. The molecular weight excluding hydrogens is 286 g/mol. The van der Waals surface area contributed by atoms with Gasteiger partial charge in [-0.05, 0) is 6.07 Å². The summed E-state index contributed by atoms with van der Waals surface area (Å²) >= 11 is 0. The fourth-order valence-corrected chi connectivity index (χ4v) is 2.14. The van der Waals surface area contributed by atoms with Crippen molar-refractivity contribution in [2.24, 2.45) is 0 Å². The zero-order chi connectivity index (χ0) is 15.4. The van der Waals surface area contributed by atoms with E-state index >= 15 is 0 Å². The summed E-state index contributed by atoms with van der Waals surface area (Å²) in [5.74, 6) is -0.985. The third-order valence-corrected chi connectivity index (χ3v) is 3.27. The van der Waals surface area contributed by atoms with Crippen molar-refractivity contribution in [3.8, 4) is 11.3 Å². The van der Waals surface area contributed by atoms with E-state index in [1.54, 1.807) is 6.07 Å². The summed E-state index contributed by atoms with van der Waals surface area (Å²) in [6.45, 7) is 0.628. The van der Waals surface area contributed by atoms with Gasteiger partial charge < -0.3 is 9.84 Å². The van der Waals surface area contributed by atoms with Crippen molar-refractivity contribution < 1.29 is 13.3 Å². The normalized spacial score (nSPS) is 10.8. The maximum Gasteiger partial charge on any atom is 0.167 e. The van der Waals surface area contributed by atoms with E-state index in [-0.39, 0.29) is 12.1 Å². The minimum absolute atomic E-state index is 0.219. The Hall–Kier alpha value is -2.53. The van der Waals surface area contributed by atoms with E-state index < -0.39 is 11.6 Å². The van der Waals surface area contributed by atoms with Gasteiger partial charge in [0.25, 0.3) is 0 Å². The summed E-state index contributed by atoms with van der Waals surface area (Å²) in [5.41, 5.74) is 1.93. The van der Waals surface area contributed by atoms with E-state index in [0.717, 1.165) is 11.6 Å². The summed E-state index contributed by atoms with van der Waals surface area (Å²) in [6.07, 6.45) is 0. The maximum absolute atomic E-state index is 13.5. The maximum atomic E-state index is 13.5. The summed E-state index contributed by atoms with van der Waals surface area (Å²) in [7, 11) is 0. The molecule has 3 nitrogen and oxygen atoms in total. The fourth-order valence-electron chi connectivity index (χ4n) is 2.14. The van der Waals surface area contributed by atoms with Crippen molar-refractivity contribution >= 4 is 0 Å². The molecular formula is C17H14F2N2O. The summed E-state index contributed by atoms with van der Waals surface area (Å²) in [4.78, 5) is 0. The molecule has 0 saturated carbocycles. The number of rotatable bonds is 5. The SMILES string of the molecule is Fc1cccc(CNCc2cc(-c3ccccc3)on2)c1F. The number of hydrogen-bond donors (Lipinski definition) is 1. The molecule has 0 bridgehead atoms. The van der Waals surface area contributed by atoms with Gasteiger partial charge >= 0.3 is 0 Å². The zero-order valence-electron chi connectivity index (χ0n) is 11.7. The third-order valence-electron chi connectivity index (χ3n) is 3.27. The van der Waals surface area contributed by atoms with E-state index in [9.17, 15) is 8.78 Å². The number of benzene rings is 2. The summed E-state index contributed by atoms with van der Waals surface area (Å²) < 4.78 is 31.9. The van der Waals surface area contributed by atoms with Crippen LogP contribution in [0.4, 0.5) is 8.78 Å². The van der Waals surface area contributed by atoms with Crippen molar-refractivity contribution in [1.29, 1.82) is 0 Å². The van der Waals surface area contributed by atoms with Crippen LogP contribution in [0.25, 0.3) is 11.3 Å². The predicted octanol–water partition coefficient (Wildman–Crippen LogP) is 3.91. The molecule has 22 heavy (non-hydrogen) atoms. The van der Waals surface area contributed by atoms with Crippen LogP contribution in [-0.2, 0) is 13.1 Å². The molecule has 1 heterocycles. The molecule has 5 heteroatoms. The van der Waals surface area contributed by atoms with Crippen molar-refractivity contribution in [3.63, 3.8) is 0 Å². The van der Waals surface area contributed by atoms with Crippen molar-refractivity contribution in [2.45, 2.75) is 13.1 Å². The summed E-state index contributed by atoms with van der Waals surface area (Å²) in [5, 5.41) is 6.98. The highest BCUT2D eigenvalue weighted by Gasteiger charge is 2.09. The largest absolute Gasteiger partial charge is 0.356 e. The second-order valence-electron chi connectivity index (χ2n) is 4.87. The van der Waals surface area contributed by atoms with Crippen molar-refractivity contribution in [2.75, 3.05) is 0 Å². The first-order valence-corrected chi connectivity index (χ1v) is 6.88. The van der Waals surface area contributed by atoms with E-state index in [4.69, 9.17) is 4.52 Å². The van der Waals surface area contributed by atoms with Crippen LogP contribution in [-0.4, -0.2) is 5.16 Å². The van der Waals surface area contributed by atoms with Gasteiger partial charge in [-0.1, -0.05) is 47.6 Å². The van der Waals surface area contributed by atoms with Gasteiger partial charge in [0.1, 0.15) is 0 Å². The minimum Gasteiger partial charge on any atom is -0.356 e. The third kappa shape index (κ3) is 3.20. The highest BCUT2D eigenvalue weighted by Crippen LogP contribution is 2.19. The topological polar surface area (TPSA) is 38.1 Å². The average Bonchev–Trinajstić information content (AvgIpc) is 3.01.